The van der Waals surface area contributed by atoms with Gasteiger partial charge < -0.3 is 25.3 Å². The molecule has 0 aliphatic carbocycles. The first-order valence-corrected chi connectivity index (χ1v) is 7.89. The monoisotopic (exact) mass is 380 g/mol. The van der Waals surface area contributed by atoms with E-state index in [4.69, 9.17) is 19.9 Å². The number of rotatable bonds is 7. The van der Waals surface area contributed by atoms with Gasteiger partial charge in [0.1, 0.15) is 11.8 Å². The molecule has 0 aromatic heterocycles. The van der Waals surface area contributed by atoms with Crippen molar-refractivity contribution in [3.63, 3.8) is 0 Å². The van der Waals surface area contributed by atoms with Crippen LogP contribution in [0.3, 0.4) is 0 Å². The van der Waals surface area contributed by atoms with Crippen LogP contribution in [0.2, 0.25) is 0 Å². The molecule has 0 saturated carbocycles. The van der Waals surface area contributed by atoms with Gasteiger partial charge in [-0.05, 0) is 18.6 Å². The number of amides is 1. The lowest BCUT2D eigenvalue weighted by Crippen LogP contribution is -2.33. The number of nitrogens with one attached hydrogen (secondary N) is 1. The van der Waals surface area contributed by atoms with E-state index in [1.807, 2.05) is 31.2 Å². The molecule has 0 spiro atoms. The molecule has 2 aromatic carbocycles. The van der Waals surface area contributed by atoms with Gasteiger partial charge in [-0.2, -0.15) is 0 Å². The van der Waals surface area contributed by atoms with E-state index in [0.29, 0.717) is 17.2 Å². The van der Waals surface area contributed by atoms with Crippen LogP contribution in [0.25, 0.3) is 0 Å². The Bertz CT molecular complexity index is 735. The first-order chi connectivity index (χ1) is 12.0. The Morgan fingerprint density at radius 3 is 2.08 bits per heavy atom. The van der Waals surface area contributed by atoms with Gasteiger partial charge in [0.05, 0.1) is 21.3 Å². The normalized spacial score (nSPS) is 11.1. The molecule has 0 aliphatic heterocycles. The highest BCUT2D eigenvalue weighted by atomic mass is 35.5. The number of hydrogen-bond donors (Lipinski definition) is 2. The van der Waals surface area contributed by atoms with Crippen molar-refractivity contribution in [2.45, 2.75) is 19.5 Å². The average molecular weight is 381 g/mol. The molecule has 2 aromatic rings. The highest BCUT2D eigenvalue weighted by molar-refractivity contribution is 5.85. The van der Waals surface area contributed by atoms with E-state index < -0.39 is 6.04 Å². The molecule has 142 valence electrons. The molecule has 0 heterocycles. The zero-order valence-electron chi connectivity index (χ0n) is 15.4. The van der Waals surface area contributed by atoms with E-state index in [1.54, 1.807) is 33.5 Å². The van der Waals surface area contributed by atoms with E-state index in [0.717, 1.165) is 16.7 Å². The van der Waals surface area contributed by atoms with Gasteiger partial charge in [0.25, 0.3) is 0 Å². The second-order valence-electron chi connectivity index (χ2n) is 5.63. The number of benzene rings is 2. The van der Waals surface area contributed by atoms with E-state index in [2.05, 4.69) is 5.32 Å². The number of methoxy groups -OCH3 is 3. The van der Waals surface area contributed by atoms with Crippen LogP contribution in [0.1, 0.15) is 22.7 Å². The predicted molar refractivity (Wildman–Crippen MR) is 103 cm³/mol. The van der Waals surface area contributed by atoms with Crippen LogP contribution in [0.5, 0.6) is 17.2 Å². The summed E-state index contributed by atoms with van der Waals surface area (Å²) in [6, 6.07) is 10.3. The molecule has 0 saturated heterocycles. The Morgan fingerprint density at radius 1 is 1.00 bits per heavy atom. The number of halogens is 1. The number of nitrogens with two attached hydrogens (primary N) is 1. The molecule has 1 unspecified atom stereocenters. The maximum absolute atomic E-state index is 12.3. The van der Waals surface area contributed by atoms with Crippen molar-refractivity contribution < 1.29 is 19.0 Å². The third-order valence-corrected chi connectivity index (χ3v) is 3.96. The highest BCUT2D eigenvalue weighted by Gasteiger charge is 2.17. The summed E-state index contributed by atoms with van der Waals surface area (Å²) in [6.07, 6.45) is 0. The SMILES string of the molecule is COc1cc(OC)c(OC)cc1CNC(=O)C(N)c1ccc(C)cc1.Cl. The quantitative estimate of drug-likeness (QED) is 0.771. The second kappa shape index (κ2) is 9.89. The van der Waals surface area contributed by atoms with Crippen molar-refractivity contribution in [2.24, 2.45) is 5.73 Å². The molecule has 0 aliphatic rings. The summed E-state index contributed by atoms with van der Waals surface area (Å²) in [5, 5.41) is 2.84. The highest BCUT2D eigenvalue weighted by Crippen LogP contribution is 2.34. The van der Waals surface area contributed by atoms with Crippen molar-refractivity contribution in [2.75, 3.05) is 21.3 Å². The molecule has 26 heavy (non-hydrogen) atoms. The van der Waals surface area contributed by atoms with Gasteiger partial charge in [0.2, 0.25) is 5.91 Å². The van der Waals surface area contributed by atoms with Crippen LogP contribution in [0, 0.1) is 6.92 Å². The number of hydrogen-bond acceptors (Lipinski definition) is 5. The lowest BCUT2D eigenvalue weighted by atomic mass is 10.1. The fraction of sp³-hybridized carbons (Fsp3) is 0.316. The summed E-state index contributed by atoms with van der Waals surface area (Å²) in [6.45, 7) is 2.25. The Morgan fingerprint density at radius 2 is 1.54 bits per heavy atom. The van der Waals surface area contributed by atoms with Gasteiger partial charge in [0.15, 0.2) is 11.5 Å². The molecule has 1 amide bonds. The second-order valence-corrected chi connectivity index (χ2v) is 5.63. The third kappa shape index (κ3) is 5.03. The summed E-state index contributed by atoms with van der Waals surface area (Å²) in [4.78, 5) is 12.3. The summed E-state index contributed by atoms with van der Waals surface area (Å²) in [7, 11) is 4.67. The number of ether oxygens (including phenoxy) is 3. The smallest absolute Gasteiger partial charge is 0.241 e. The third-order valence-electron chi connectivity index (χ3n) is 3.96. The zero-order valence-corrected chi connectivity index (χ0v) is 16.2. The topological polar surface area (TPSA) is 82.8 Å². The van der Waals surface area contributed by atoms with Crippen LogP contribution in [0.4, 0.5) is 0 Å². The van der Waals surface area contributed by atoms with Crippen LogP contribution in [-0.4, -0.2) is 27.2 Å². The van der Waals surface area contributed by atoms with Crippen molar-refractivity contribution in [3.8, 4) is 17.2 Å². The van der Waals surface area contributed by atoms with Gasteiger partial charge >= 0.3 is 0 Å². The molecule has 0 radical (unpaired) electrons. The lowest BCUT2D eigenvalue weighted by molar-refractivity contribution is -0.122. The van der Waals surface area contributed by atoms with Crippen molar-refractivity contribution >= 4 is 18.3 Å². The molecule has 7 heteroatoms. The number of carbonyl (C=O) groups is 1. The van der Waals surface area contributed by atoms with Gasteiger partial charge in [-0.15, -0.1) is 12.4 Å². The Hall–Kier alpha value is -2.44. The number of aryl methyl sites for hydroxylation is 1. The molecular weight excluding hydrogens is 356 g/mol. The first kappa shape index (κ1) is 21.6. The van der Waals surface area contributed by atoms with E-state index in [1.165, 1.54) is 0 Å². The standard InChI is InChI=1S/C19H24N2O4.ClH/c1-12-5-7-13(8-6-12)18(20)19(22)21-11-14-9-16(24-3)17(25-4)10-15(14)23-2;/h5-10,18H,11,20H2,1-4H3,(H,21,22);1H. The fourth-order valence-corrected chi connectivity index (χ4v) is 2.45. The lowest BCUT2D eigenvalue weighted by Gasteiger charge is -2.16. The number of carbonyl (C=O) groups excluding carboxylic acids is 1. The first-order valence-electron chi connectivity index (χ1n) is 7.89. The van der Waals surface area contributed by atoms with E-state index in [9.17, 15) is 4.79 Å². The van der Waals surface area contributed by atoms with Crippen LogP contribution in [0.15, 0.2) is 36.4 Å². The Labute approximate surface area is 160 Å². The van der Waals surface area contributed by atoms with E-state index in [-0.39, 0.29) is 24.9 Å². The van der Waals surface area contributed by atoms with Gasteiger partial charge in [-0.3, -0.25) is 4.79 Å². The average Bonchev–Trinajstić information content (AvgIpc) is 2.65. The van der Waals surface area contributed by atoms with Gasteiger partial charge in [-0.25, -0.2) is 0 Å². The van der Waals surface area contributed by atoms with Crippen molar-refractivity contribution in [3.05, 3.63) is 53.1 Å². The van der Waals surface area contributed by atoms with E-state index >= 15 is 0 Å². The van der Waals surface area contributed by atoms with Gasteiger partial charge in [0, 0.05) is 18.2 Å². The summed E-state index contributed by atoms with van der Waals surface area (Å²) >= 11 is 0. The van der Waals surface area contributed by atoms with Gasteiger partial charge in [-0.1, -0.05) is 29.8 Å². The maximum atomic E-state index is 12.3. The Balaban J connectivity index is 0.00000338. The minimum absolute atomic E-state index is 0. The van der Waals surface area contributed by atoms with Crippen LogP contribution >= 0.6 is 12.4 Å². The van der Waals surface area contributed by atoms with Crippen LogP contribution < -0.4 is 25.3 Å². The van der Waals surface area contributed by atoms with Crippen molar-refractivity contribution in [1.29, 1.82) is 0 Å². The fourth-order valence-electron chi connectivity index (χ4n) is 2.45. The molecular formula is C19H25ClN2O4. The zero-order chi connectivity index (χ0) is 18.4. The maximum Gasteiger partial charge on any atom is 0.241 e. The van der Waals surface area contributed by atoms with Crippen LogP contribution in [-0.2, 0) is 11.3 Å². The molecule has 6 nitrogen and oxygen atoms in total. The summed E-state index contributed by atoms with van der Waals surface area (Å²) in [5.74, 6) is 1.46. The molecule has 3 N–H and O–H groups in total. The molecule has 0 fully saturated rings. The summed E-state index contributed by atoms with van der Waals surface area (Å²) < 4.78 is 15.9. The minimum Gasteiger partial charge on any atom is -0.496 e. The Kier molecular flexibility index (Phi) is 8.22. The summed E-state index contributed by atoms with van der Waals surface area (Å²) in [5.41, 5.74) is 8.69. The predicted octanol–water partition coefficient (Wildman–Crippen LogP) is 2.76. The molecule has 2 rings (SSSR count). The molecule has 1 atom stereocenters. The molecule has 0 bridgehead atoms. The van der Waals surface area contributed by atoms with Crippen molar-refractivity contribution in [1.82, 2.24) is 5.32 Å². The minimum atomic E-state index is -0.730. The largest absolute Gasteiger partial charge is 0.496 e.